The molecule has 0 fully saturated rings. The SMILES string of the molecule is CCN(Cc1cccc(NC(=O)c2cc3c(C)nn(-c4ccccc4)c3s2)c1)C(C)=O. The van der Waals surface area contributed by atoms with E-state index in [4.69, 9.17) is 0 Å². The topological polar surface area (TPSA) is 67.2 Å². The van der Waals surface area contributed by atoms with Crippen molar-refractivity contribution in [3.8, 4) is 5.69 Å². The van der Waals surface area contributed by atoms with Crippen molar-refractivity contribution in [1.29, 1.82) is 0 Å². The summed E-state index contributed by atoms with van der Waals surface area (Å²) in [5, 5.41) is 8.60. The maximum Gasteiger partial charge on any atom is 0.265 e. The van der Waals surface area contributed by atoms with E-state index in [0.29, 0.717) is 23.7 Å². The van der Waals surface area contributed by atoms with Gasteiger partial charge in [-0.3, -0.25) is 9.59 Å². The van der Waals surface area contributed by atoms with Gasteiger partial charge >= 0.3 is 0 Å². The molecular formula is C24H24N4O2S. The van der Waals surface area contributed by atoms with Gasteiger partial charge in [0.1, 0.15) is 4.83 Å². The van der Waals surface area contributed by atoms with E-state index in [1.54, 1.807) is 11.8 Å². The van der Waals surface area contributed by atoms with Gasteiger partial charge in [-0.1, -0.05) is 30.3 Å². The van der Waals surface area contributed by atoms with E-state index in [9.17, 15) is 9.59 Å². The second-order valence-electron chi connectivity index (χ2n) is 7.35. The fraction of sp³-hybridized carbons (Fsp3) is 0.208. The number of aryl methyl sites for hydroxylation is 1. The smallest absolute Gasteiger partial charge is 0.265 e. The van der Waals surface area contributed by atoms with E-state index >= 15 is 0 Å². The van der Waals surface area contributed by atoms with Crippen molar-refractivity contribution in [2.24, 2.45) is 0 Å². The number of benzene rings is 2. The Hall–Kier alpha value is -3.45. The Morgan fingerprint density at radius 1 is 1.10 bits per heavy atom. The number of carbonyl (C=O) groups excluding carboxylic acids is 2. The summed E-state index contributed by atoms with van der Waals surface area (Å²) in [5.74, 6) is -0.124. The predicted octanol–water partition coefficient (Wildman–Crippen LogP) is 5.02. The van der Waals surface area contributed by atoms with Crippen LogP contribution < -0.4 is 5.32 Å². The lowest BCUT2D eigenvalue weighted by Gasteiger charge is -2.19. The fourth-order valence-corrected chi connectivity index (χ4v) is 4.59. The van der Waals surface area contributed by atoms with Crippen LogP contribution in [0.3, 0.4) is 0 Å². The number of thiophene rings is 1. The molecule has 0 bridgehead atoms. The van der Waals surface area contributed by atoms with Crippen molar-refractivity contribution < 1.29 is 9.59 Å². The molecule has 4 aromatic rings. The first kappa shape index (κ1) is 20.8. The maximum atomic E-state index is 12.9. The minimum absolute atomic E-state index is 0.0324. The second-order valence-corrected chi connectivity index (χ2v) is 8.38. The number of nitrogens with zero attached hydrogens (tertiary/aromatic N) is 3. The number of para-hydroxylation sites is 1. The van der Waals surface area contributed by atoms with Crippen LogP contribution in [0.25, 0.3) is 15.9 Å². The number of fused-ring (bicyclic) bond motifs is 1. The molecule has 6 nitrogen and oxygen atoms in total. The first-order valence-corrected chi connectivity index (χ1v) is 11.0. The van der Waals surface area contributed by atoms with Crippen molar-refractivity contribution in [2.45, 2.75) is 27.3 Å². The standard InChI is InChI=1S/C24H24N4O2S/c1-4-27(17(3)29)15-18-9-8-10-19(13-18)25-23(30)22-14-21-16(2)26-28(24(21)31-22)20-11-6-5-7-12-20/h5-14H,4,15H2,1-3H3,(H,25,30). The van der Waals surface area contributed by atoms with Crippen molar-refractivity contribution in [1.82, 2.24) is 14.7 Å². The van der Waals surface area contributed by atoms with Gasteiger partial charge in [-0.05, 0) is 49.7 Å². The molecule has 0 spiro atoms. The highest BCUT2D eigenvalue weighted by atomic mass is 32.1. The fourth-order valence-electron chi connectivity index (χ4n) is 3.51. The lowest BCUT2D eigenvalue weighted by atomic mass is 10.2. The van der Waals surface area contributed by atoms with Gasteiger partial charge in [0, 0.05) is 31.1 Å². The highest BCUT2D eigenvalue weighted by Gasteiger charge is 2.17. The number of aromatic nitrogens is 2. The van der Waals surface area contributed by atoms with E-state index in [-0.39, 0.29) is 11.8 Å². The Morgan fingerprint density at radius 3 is 2.58 bits per heavy atom. The molecule has 2 aromatic carbocycles. The number of rotatable bonds is 6. The summed E-state index contributed by atoms with van der Waals surface area (Å²) in [4.78, 5) is 28.0. The number of hydrogen-bond acceptors (Lipinski definition) is 4. The van der Waals surface area contributed by atoms with Gasteiger partial charge in [-0.2, -0.15) is 5.10 Å². The Balaban J connectivity index is 1.57. The minimum atomic E-state index is -0.156. The third-order valence-corrected chi connectivity index (χ3v) is 6.26. The molecule has 2 aromatic heterocycles. The summed E-state index contributed by atoms with van der Waals surface area (Å²) in [7, 11) is 0. The van der Waals surface area contributed by atoms with Crippen molar-refractivity contribution >= 4 is 39.1 Å². The molecule has 2 heterocycles. The monoisotopic (exact) mass is 432 g/mol. The Morgan fingerprint density at radius 2 is 1.87 bits per heavy atom. The number of amides is 2. The van der Waals surface area contributed by atoms with Gasteiger partial charge in [-0.15, -0.1) is 11.3 Å². The van der Waals surface area contributed by atoms with Crippen molar-refractivity contribution in [3.63, 3.8) is 0 Å². The van der Waals surface area contributed by atoms with Gasteiger partial charge in [-0.25, -0.2) is 4.68 Å². The number of nitrogens with one attached hydrogen (secondary N) is 1. The molecule has 7 heteroatoms. The Bertz CT molecular complexity index is 1240. The normalized spacial score (nSPS) is 10.9. The van der Waals surface area contributed by atoms with Crippen molar-refractivity contribution in [2.75, 3.05) is 11.9 Å². The molecule has 0 aliphatic rings. The molecule has 0 unspecified atom stereocenters. The van der Waals surface area contributed by atoms with E-state index < -0.39 is 0 Å². The van der Waals surface area contributed by atoms with Gasteiger partial charge in [0.25, 0.3) is 5.91 Å². The lowest BCUT2D eigenvalue weighted by molar-refractivity contribution is -0.129. The molecular weight excluding hydrogens is 408 g/mol. The average molecular weight is 433 g/mol. The molecule has 0 atom stereocenters. The number of hydrogen-bond donors (Lipinski definition) is 1. The van der Waals surface area contributed by atoms with Gasteiger partial charge < -0.3 is 10.2 Å². The second kappa shape index (κ2) is 8.73. The Labute approximate surface area is 185 Å². The van der Waals surface area contributed by atoms with Crippen LogP contribution in [0.5, 0.6) is 0 Å². The van der Waals surface area contributed by atoms with Crippen LogP contribution in [0.2, 0.25) is 0 Å². The molecule has 158 valence electrons. The van der Waals surface area contributed by atoms with E-state index in [2.05, 4.69) is 10.4 Å². The summed E-state index contributed by atoms with van der Waals surface area (Å²) < 4.78 is 1.88. The van der Waals surface area contributed by atoms with Crippen LogP contribution in [0.15, 0.2) is 60.7 Å². The molecule has 0 saturated carbocycles. The van der Waals surface area contributed by atoms with Crippen LogP contribution in [0, 0.1) is 6.92 Å². The summed E-state index contributed by atoms with van der Waals surface area (Å²) in [6, 6.07) is 19.4. The van der Waals surface area contributed by atoms with Gasteiger partial charge in [0.15, 0.2) is 0 Å². The zero-order valence-corrected chi connectivity index (χ0v) is 18.6. The zero-order valence-electron chi connectivity index (χ0n) is 17.8. The predicted molar refractivity (Wildman–Crippen MR) is 125 cm³/mol. The average Bonchev–Trinajstić information content (AvgIpc) is 3.33. The van der Waals surface area contributed by atoms with Crippen LogP contribution >= 0.6 is 11.3 Å². The lowest BCUT2D eigenvalue weighted by Crippen LogP contribution is -2.27. The van der Waals surface area contributed by atoms with E-state index in [0.717, 1.165) is 27.2 Å². The molecule has 0 aliphatic heterocycles. The summed E-state index contributed by atoms with van der Waals surface area (Å²) in [6.45, 7) is 6.63. The van der Waals surface area contributed by atoms with Crippen molar-refractivity contribution in [3.05, 3.63) is 76.8 Å². The van der Waals surface area contributed by atoms with Gasteiger partial charge in [0.2, 0.25) is 5.91 Å². The van der Waals surface area contributed by atoms with Crippen LogP contribution in [0.1, 0.15) is 34.8 Å². The molecule has 0 aliphatic carbocycles. The summed E-state index contributed by atoms with van der Waals surface area (Å²) in [6.07, 6.45) is 0. The highest BCUT2D eigenvalue weighted by molar-refractivity contribution is 7.20. The van der Waals surface area contributed by atoms with Gasteiger partial charge in [0.05, 0.1) is 16.3 Å². The minimum Gasteiger partial charge on any atom is -0.339 e. The number of carbonyl (C=O) groups is 2. The third-order valence-electron chi connectivity index (χ3n) is 5.15. The quantitative estimate of drug-likeness (QED) is 0.465. The first-order chi connectivity index (χ1) is 15.0. The molecule has 0 saturated heterocycles. The van der Waals surface area contributed by atoms with Crippen LogP contribution in [-0.2, 0) is 11.3 Å². The molecule has 31 heavy (non-hydrogen) atoms. The first-order valence-electron chi connectivity index (χ1n) is 10.2. The van der Waals surface area contributed by atoms with Crippen LogP contribution in [-0.4, -0.2) is 33.0 Å². The molecule has 2 amide bonds. The molecule has 1 N–H and O–H groups in total. The number of anilines is 1. The van der Waals surface area contributed by atoms with Crippen LogP contribution in [0.4, 0.5) is 5.69 Å². The summed E-state index contributed by atoms with van der Waals surface area (Å²) >= 11 is 1.42. The summed E-state index contributed by atoms with van der Waals surface area (Å²) in [5.41, 5.74) is 3.54. The molecule has 4 rings (SSSR count). The van der Waals surface area contributed by atoms with E-state index in [1.807, 2.05) is 79.2 Å². The highest BCUT2D eigenvalue weighted by Crippen LogP contribution is 2.31. The molecule has 0 radical (unpaired) electrons. The third kappa shape index (κ3) is 4.36. The zero-order chi connectivity index (χ0) is 22.0. The Kier molecular flexibility index (Phi) is 5.86. The maximum absolute atomic E-state index is 12.9. The largest absolute Gasteiger partial charge is 0.339 e. The van der Waals surface area contributed by atoms with E-state index in [1.165, 1.54) is 11.3 Å².